The molecule has 6 nitrogen and oxygen atoms in total. The van der Waals surface area contributed by atoms with Gasteiger partial charge in [-0.15, -0.1) is 12.4 Å². The number of benzene rings is 1. The molecule has 8 heteroatoms. The summed E-state index contributed by atoms with van der Waals surface area (Å²) in [5.41, 5.74) is 1.29. The van der Waals surface area contributed by atoms with Crippen molar-refractivity contribution in [2.75, 3.05) is 32.7 Å². The van der Waals surface area contributed by atoms with Crippen molar-refractivity contribution in [3.8, 4) is 0 Å². The van der Waals surface area contributed by atoms with E-state index < -0.39 is 10.0 Å². The Morgan fingerprint density at radius 2 is 1.89 bits per heavy atom. The van der Waals surface area contributed by atoms with E-state index in [4.69, 9.17) is 0 Å². The number of nitrogens with zero attached hydrogens (tertiary/aromatic N) is 2. The third-order valence-corrected chi connectivity index (χ3v) is 7.03. The molecule has 1 aliphatic heterocycles. The van der Waals surface area contributed by atoms with Crippen LogP contribution in [0.15, 0.2) is 23.1 Å². The topological polar surface area (TPSA) is 69.7 Å². The minimum absolute atomic E-state index is 0. The minimum atomic E-state index is -3.58. The van der Waals surface area contributed by atoms with Crippen molar-refractivity contribution in [1.82, 2.24) is 14.5 Å². The first-order valence-electron chi connectivity index (χ1n) is 9.49. The van der Waals surface area contributed by atoms with Gasteiger partial charge in [0.25, 0.3) is 5.91 Å². The maximum atomic E-state index is 13.2. The molecule has 0 aliphatic carbocycles. The van der Waals surface area contributed by atoms with E-state index in [9.17, 15) is 13.2 Å². The Morgan fingerprint density at radius 3 is 2.41 bits per heavy atom. The lowest BCUT2D eigenvalue weighted by Gasteiger charge is -2.29. The lowest BCUT2D eigenvalue weighted by Crippen LogP contribution is -2.42. The Bertz CT molecular complexity index is 730. The van der Waals surface area contributed by atoms with Gasteiger partial charge in [0.1, 0.15) is 0 Å². The van der Waals surface area contributed by atoms with Crippen molar-refractivity contribution in [2.24, 2.45) is 0 Å². The normalized spacial score (nSPS) is 17.0. The standard InChI is InChI=1S/C19H31N3O3S.ClH/c1-5-12-22(16-10-11-20-14-16)19(23)18-13-17(9-8-15(18)4)26(24,25)21(6-2)7-3;/h8-9,13,16,20H,5-7,10-12,14H2,1-4H3;1H. The van der Waals surface area contributed by atoms with E-state index in [0.717, 1.165) is 31.5 Å². The van der Waals surface area contributed by atoms with Crippen LogP contribution in [0, 0.1) is 6.92 Å². The van der Waals surface area contributed by atoms with Gasteiger partial charge in [-0.25, -0.2) is 8.42 Å². The van der Waals surface area contributed by atoms with Crippen LogP contribution in [0.3, 0.4) is 0 Å². The molecular formula is C19H32ClN3O3S. The summed E-state index contributed by atoms with van der Waals surface area (Å²) in [6.45, 7) is 10.7. The fourth-order valence-corrected chi connectivity index (χ4v) is 4.94. The van der Waals surface area contributed by atoms with Gasteiger partial charge >= 0.3 is 0 Å². The average molecular weight is 418 g/mol. The van der Waals surface area contributed by atoms with Gasteiger partial charge in [0.2, 0.25) is 10.0 Å². The summed E-state index contributed by atoms with van der Waals surface area (Å²) < 4.78 is 27.1. The zero-order chi connectivity index (χ0) is 19.3. The second-order valence-corrected chi connectivity index (χ2v) is 8.65. The van der Waals surface area contributed by atoms with Crippen molar-refractivity contribution < 1.29 is 13.2 Å². The zero-order valence-electron chi connectivity index (χ0n) is 16.7. The summed E-state index contributed by atoms with van der Waals surface area (Å²) in [7, 11) is -3.58. The summed E-state index contributed by atoms with van der Waals surface area (Å²) in [4.78, 5) is 15.3. The van der Waals surface area contributed by atoms with Crippen molar-refractivity contribution in [3.05, 3.63) is 29.3 Å². The van der Waals surface area contributed by atoms with Crippen molar-refractivity contribution in [1.29, 1.82) is 0 Å². The van der Waals surface area contributed by atoms with Crippen LogP contribution in [-0.2, 0) is 10.0 Å². The first-order chi connectivity index (χ1) is 12.4. The van der Waals surface area contributed by atoms with E-state index in [-0.39, 0.29) is 29.3 Å². The molecule has 27 heavy (non-hydrogen) atoms. The fourth-order valence-electron chi connectivity index (χ4n) is 3.46. The summed E-state index contributed by atoms with van der Waals surface area (Å²) >= 11 is 0. The first-order valence-corrected chi connectivity index (χ1v) is 10.9. The van der Waals surface area contributed by atoms with E-state index in [1.807, 2.05) is 25.7 Å². The van der Waals surface area contributed by atoms with Crippen LogP contribution in [0.1, 0.15) is 49.5 Å². The highest BCUT2D eigenvalue weighted by Crippen LogP contribution is 2.22. The SMILES string of the molecule is CCCN(C(=O)c1cc(S(=O)(=O)N(CC)CC)ccc1C)C1CCNC1.Cl. The predicted molar refractivity (Wildman–Crippen MR) is 111 cm³/mol. The Kier molecular flexibility index (Phi) is 9.21. The number of halogens is 1. The number of carbonyl (C=O) groups excluding carboxylic acids is 1. The number of hydrogen-bond donors (Lipinski definition) is 1. The summed E-state index contributed by atoms with van der Waals surface area (Å²) in [6.07, 6.45) is 1.81. The maximum Gasteiger partial charge on any atom is 0.254 e. The van der Waals surface area contributed by atoms with Crippen LogP contribution >= 0.6 is 12.4 Å². The molecule has 0 aromatic heterocycles. The minimum Gasteiger partial charge on any atom is -0.334 e. The second-order valence-electron chi connectivity index (χ2n) is 6.71. The highest BCUT2D eigenvalue weighted by Gasteiger charge is 2.29. The maximum absolute atomic E-state index is 13.2. The molecule has 2 rings (SSSR count). The van der Waals surface area contributed by atoms with Gasteiger partial charge in [-0.2, -0.15) is 4.31 Å². The molecule has 1 aromatic carbocycles. The molecule has 1 aromatic rings. The molecule has 1 saturated heterocycles. The summed E-state index contributed by atoms with van der Waals surface area (Å²) in [5, 5.41) is 3.30. The molecule has 0 spiro atoms. The molecule has 154 valence electrons. The summed E-state index contributed by atoms with van der Waals surface area (Å²) in [5.74, 6) is -0.0744. The van der Waals surface area contributed by atoms with E-state index in [0.29, 0.717) is 25.2 Å². The molecule has 1 fully saturated rings. The number of aryl methyl sites for hydroxylation is 1. The van der Waals surface area contributed by atoms with Crippen LogP contribution in [0.25, 0.3) is 0 Å². The van der Waals surface area contributed by atoms with Crippen molar-refractivity contribution >= 4 is 28.3 Å². The molecule has 1 amide bonds. The van der Waals surface area contributed by atoms with Gasteiger partial charge in [0.15, 0.2) is 0 Å². The summed E-state index contributed by atoms with van der Waals surface area (Å²) in [6, 6.07) is 5.06. The Hall–Kier alpha value is -1.15. The highest BCUT2D eigenvalue weighted by atomic mass is 35.5. The largest absolute Gasteiger partial charge is 0.334 e. The monoisotopic (exact) mass is 417 g/mol. The Morgan fingerprint density at radius 1 is 1.22 bits per heavy atom. The number of hydrogen-bond acceptors (Lipinski definition) is 4. The molecular weight excluding hydrogens is 386 g/mol. The number of nitrogens with one attached hydrogen (secondary N) is 1. The van der Waals surface area contributed by atoms with Crippen LogP contribution < -0.4 is 5.32 Å². The third-order valence-electron chi connectivity index (χ3n) is 4.98. The highest BCUT2D eigenvalue weighted by molar-refractivity contribution is 7.89. The van der Waals surface area contributed by atoms with Crippen molar-refractivity contribution in [2.45, 2.75) is 51.5 Å². The Labute approximate surface area is 169 Å². The van der Waals surface area contributed by atoms with E-state index in [1.165, 1.54) is 4.31 Å². The van der Waals surface area contributed by atoms with Gasteiger partial charge in [-0.05, 0) is 44.0 Å². The predicted octanol–water partition coefficient (Wildman–Crippen LogP) is 2.66. The fraction of sp³-hybridized carbons (Fsp3) is 0.632. The molecule has 1 N–H and O–H groups in total. The third kappa shape index (κ3) is 5.22. The number of rotatable bonds is 8. The van der Waals surface area contributed by atoms with Gasteiger partial charge < -0.3 is 10.2 Å². The van der Waals surface area contributed by atoms with Crippen LogP contribution in [0.5, 0.6) is 0 Å². The van der Waals surface area contributed by atoms with Gasteiger partial charge in [-0.3, -0.25) is 4.79 Å². The Balaban J connectivity index is 0.00000364. The van der Waals surface area contributed by atoms with Crippen molar-refractivity contribution in [3.63, 3.8) is 0 Å². The molecule has 1 heterocycles. The average Bonchev–Trinajstić information content (AvgIpc) is 3.14. The zero-order valence-corrected chi connectivity index (χ0v) is 18.3. The number of sulfonamides is 1. The molecule has 0 radical (unpaired) electrons. The van der Waals surface area contributed by atoms with Crippen LogP contribution in [0.4, 0.5) is 0 Å². The molecule has 1 unspecified atom stereocenters. The molecule has 0 bridgehead atoms. The number of carbonyl (C=O) groups is 1. The van der Waals surface area contributed by atoms with E-state index in [2.05, 4.69) is 12.2 Å². The van der Waals surface area contributed by atoms with Gasteiger partial charge in [-0.1, -0.05) is 26.8 Å². The molecule has 1 atom stereocenters. The first kappa shape index (κ1) is 23.9. The van der Waals surface area contributed by atoms with E-state index in [1.54, 1.807) is 18.2 Å². The van der Waals surface area contributed by atoms with Gasteiger partial charge in [0.05, 0.1) is 4.90 Å². The lowest BCUT2D eigenvalue weighted by atomic mass is 10.1. The lowest BCUT2D eigenvalue weighted by molar-refractivity contribution is 0.0691. The van der Waals surface area contributed by atoms with Crippen LogP contribution in [-0.4, -0.2) is 62.3 Å². The smallest absolute Gasteiger partial charge is 0.254 e. The molecule has 1 aliphatic rings. The van der Waals surface area contributed by atoms with Gasteiger partial charge in [0, 0.05) is 37.8 Å². The second kappa shape index (κ2) is 10.4. The number of amides is 1. The quantitative estimate of drug-likeness (QED) is 0.705. The molecule has 0 saturated carbocycles. The van der Waals surface area contributed by atoms with Crippen LogP contribution in [0.2, 0.25) is 0 Å². The van der Waals surface area contributed by atoms with E-state index >= 15 is 0 Å².